The first-order valence-electron chi connectivity index (χ1n) is 4.81. The SMILES string of the molecule is Cc1cc(Cl)cc(CNC2COC2)c1. The van der Waals surface area contributed by atoms with Gasteiger partial charge < -0.3 is 10.1 Å². The third-order valence-electron chi connectivity index (χ3n) is 2.33. The topological polar surface area (TPSA) is 21.3 Å². The van der Waals surface area contributed by atoms with E-state index in [2.05, 4.69) is 18.3 Å². The van der Waals surface area contributed by atoms with Gasteiger partial charge in [0, 0.05) is 11.6 Å². The molecule has 1 aromatic carbocycles. The summed E-state index contributed by atoms with van der Waals surface area (Å²) in [7, 11) is 0. The molecule has 1 heterocycles. The van der Waals surface area contributed by atoms with E-state index in [9.17, 15) is 0 Å². The summed E-state index contributed by atoms with van der Waals surface area (Å²) in [5, 5.41) is 4.22. The molecular weight excluding hydrogens is 198 g/mol. The van der Waals surface area contributed by atoms with Crippen molar-refractivity contribution in [1.29, 1.82) is 0 Å². The van der Waals surface area contributed by atoms with Crippen LogP contribution in [0, 0.1) is 6.92 Å². The molecule has 0 aromatic heterocycles. The molecular formula is C11H14ClNO. The highest BCUT2D eigenvalue weighted by Gasteiger charge is 2.16. The zero-order valence-corrected chi connectivity index (χ0v) is 8.97. The normalized spacial score (nSPS) is 16.7. The van der Waals surface area contributed by atoms with Gasteiger partial charge in [0.05, 0.1) is 19.3 Å². The van der Waals surface area contributed by atoms with Crippen molar-refractivity contribution in [1.82, 2.24) is 5.32 Å². The molecule has 0 aliphatic carbocycles. The Morgan fingerprint density at radius 1 is 1.43 bits per heavy atom. The molecule has 0 unspecified atom stereocenters. The van der Waals surface area contributed by atoms with Gasteiger partial charge in [-0.1, -0.05) is 17.7 Å². The van der Waals surface area contributed by atoms with Crippen LogP contribution in [0.25, 0.3) is 0 Å². The van der Waals surface area contributed by atoms with E-state index >= 15 is 0 Å². The molecule has 1 aliphatic heterocycles. The average molecular weight is 212 g/mol. The van der Waals surface area contributed by atoms with Crippen LogP contribution in [0.4, 0.5) is 0 Å². The van der Waals surface area contributed by atoms with E-state index in [0.717, 1.165) is 24.8 Å². The lowest BCUT2D eigenvalue weighted by atomic mass is 10.1. The molecule has 2 nitrogen and oxygen atoms in total. The number of rotatable bonds is 3. The van der Waals surface area contributed by atoms with Crippen LogP contribution in [-0.4, -0.2) is 19.3 Å². The van der Waals surface area contributed by atoms with E-state index < -0.39 is 0 Å². The van der Waals surface area contributed by atoms with Gasteiger partial charge in [-0.15, -0.1) is 0 Å². The summed E-state index contributed by atoms with van der Waals surface area (Å²) < 4.78 is 5.08. The predicted molar refractivity (Wildman–Crippen MR) is 57.6 cm³/mol. The fourth-order valence-electron chi connectivity index (χ4n) is 1.53. The maximum absolute atomic E-state index is 5.96. The highest BCUT2D eigenvalue weighted by molar-refractivity contribution is 6.30. The van der Waals surface area contributed by atoms with Crippen LogP contribution in [0.5, 0.6) is 0 Å². The van der Waals surface area contributed by atoms with Gasteiger partial charge in [0.15, 0.2) is 0 Å². The second kappa shape index (κ2) is 4.30. The van der Waals surface area contributed by atoms with Gasteiger partial charge in [-0.25, -0.2) is 0 Å². The van der Waals surface area contributed by atoms with E-state index in [1.54, 1.807) is 0 Å². The Hall–Kier alpha value is -0.570. The number of nitrogens with one attached hydrogen (secondary N) is 1. The summed E-state index contributed by atoms with van der Waals surface area (Å²) in [6, 6.07) is 6.64. The summed E-state index contributed by atoms with van der Waals surface area (Å²) in [5.41, 5.74) is 2.45. The van der Waals surface area contributed by atoms with Crippen LogP contribution < -0.4 is 5.32 Å². The van der Waals surface area contributed by atoms with E-state index in [1.165, 1.54) is 11.1 Å². The molecule has 0 bridgehead atoms. The van der Waals surface area contributed by atoms with Crippen molar-refractivity contribution in [2.24, 2.45) is 0 Å². The molecule has 1 fully saturated rings. The molecule has 0 radical (unpaired) electrons. The molecule has 76 valence electrons. The van der Waals surface area contributed by atoms with Gasteiger partial charge in [-0.3, -0.25) is 0 Å². The lowest BCUT2D eigenvalue weighted by Crippen LogP contribution is -2.45. The van der Waals surface area contributed by atoms with Gasteiger partial charge in [0.2, 0.25) is 0 Å². The van der Waals surface area contributed by atoms with Crippen LogP contribution in [0.3, 0.4) is 0 Å². The third-order valence-corrected chi connectivity index (χ3v) is 2.55. The van der Waals surface area contributed by atoms with Crippen molar-refractivity contribution < 1.29 is 4.74 Å². The van der Waals surface area contributed by atoms with Crippen molar-refractivity contribution in [2.75, 3.05) is 13.2 Å². The highest BCUT2D eigenvalue weighted by Crippen LogP contribution is 2.14. The monoisotopic (exact) mass is 211 g/mol. The fraction of sp³-hybridized carbons (Fsp3) is 0.455. The summed E-state index contributed by atoms with van der Waals surface area (Å²) >= 11 is 5.96. The van der Waals surface area contributed by atoms with Crippen molar-refractivity contribution in [3.63, 3.8) is 0 Å². The van der Waals surface area contributed by atoms with E-state index in [0.29, 0.717) is 6.04 Å². The zero-order chi connectivity index (χ0) is 9.97. The van der Waals surface area contributed by atoms with Crippen LogP contribution in [0.2, 0.25) is 5.02 Å². The van der Waals surface area contributed by atoms with Gasteiger partial charge in [0.25, 0.3) is 0 Å². The third kappa shape index (κ3) is 2.47. The van der Waals surface area contributed by atoms with E-state index in [1.807, 2.05) is 12.1 Å². The Balaban J connectivity index is 1.94. The van der Waals surface area contributed by atoms with Crippen LogP contribution in [0.15, 0.2) is 18.2 Å². The molecule has 1 aliphatic rings. The van der Waals surface area contributed by atoms with E-state index in [-0.39, 0.29) is 0 Å². The van der Waals surface area contributed by atoms with Crippen molar-refractivity contribution >= 4 is 11.6 Å². The number of hydrogen-bond donors (Lipinski definition) is 1. The second-order valence-corrected chi connectivity index (χ2v) is 4.19. The molecule has 0 saturated carbocycles. The summed E-state index contributed by atoms with van der Waals surface area (Å²) in [6.07, 6.45) is 0. The van der Waals surface area contributed by atoms with Gasteiger partial charge in [0.1, 0.15) is 0 Å². The largest absolute Gasteiger partial charge is 0.378 e. The Morgan fingerprint density at radius 3 is 2.79 bits per heavy atom. The molecule has 1 saturated heterocycles. The molecule has 1 N–H and O–H groups in total. The van der Waals surface area contributed by atoms with Crippen LogP contribution >= 0.6 is 11.6 Å². The summed E-state index contributed by atoms with van der Waals surface area (Å²) in [4.78, 5) is 0. The molecule has 1 aromatic rings. The van der Waals surface area contributed by atoms with Crippen molar-refractivity contribution in [3.8, 4) is 0 Å². The van der Waals surface area contributed by atoms with E-state index in [4.69, 9.17) is 16.3 Å². The first-order valence-corrected chi connectivity index (χ1v) is 5.19. The zero-order valence-electron chi connectivity index (χ0n) is 8.22. The molecule has 2 rings (SSSR count). The maximum atomic E-state index is 5.96. The lowest BCUT2D eigenvalue weighted by molar-refractivity contribution is -0.00578. The molecule has 0 atom stereocenters. The van der Waals surface area contributed by atoms with Crippen molar-refractivity contribution in [3.05, 3.63) is 34.3 Å². The van der Waals surface area contributed by atoms with Crippen LogP contribution in [-0.2, 0) is 11.3 Å². The fourth-order valence-corrected chi connectivity index (χ4v) is 1.84. The molecule has 14 heavy (non-hydrogen) atoms. The number of aryl methyl sites for hydroxylation is 1. The first-order chi connectivity index (χ1) is 6.74. The lowest BCUT2D eigenvalue weighted by Gasteiger charge is -2.27. The minimum atomic E-state index is 0.522. The Morgan fingerprint density at radius 2 is 2.21 bits per heavy atom. The highest BCUT2D eigenvalue weighted by atomic mass is 35.5. The average Bonchev–Trinajstić information content (AvgIpc) is 1.99. The molecule has 3 heteroatoms. The number of benzene rings is 1. The summed E-state index contributed by atoms with van der Waals surface area (Å²) in [5.74, 6) is 0. The second-order valence-electron chi connectivity index (χ2n) is 3.75. The Kier molecular flexibility index (Phi) is 3.06. The molecule has 0 spiro atoms. The number of hydrogen-bond acceptors (Lipinski definition) is 2. The molecule has 0 amide bonds. The maximum Gasteiger partial charge on any atom is 0.0643 e. The smallest absolute Gasteiger partial charge is 0.0643 e. The van der Waals surface area contributed by atoms with Gasteiger partial charge in [-0.05, 0) is 30.2 Å². The first kappa shape index (κ1) is 9.97. The Bertz CT molecular complexity index is 303. The van der Waals surface area contributed by atoms with Gasteiger partial charge in [-0.2, -0.15) is 0 Å². The Labute approximate surface area is 89.2 Å². The minimum absolute atomic E-state index is 0.522. The standard InChI is InChI=1S/C11H14ClNO/c1-8-2-9(4-10(12)3-8)5-13-11-6-14-7-11/h2-4,11,13H,5-7H2,1H3. The number of halogens is 1. The van der Waals surface area contributed by atoms with Gasteiger partial charge >= 0.3 is 0 Å². The predicted octanol–water partition coefficient (Wildman–Crippen LogP) is 2.14. The quantitative estimate of drug-likeness (QED) is 0.827. The van der Waals surface area contributed by atoms with Crippen molar-refractivity contribution in [2.45, 2.75) is 19.5 Å². The number of ether oxygens (including phenoxy) is 1. The minimum Gasteiger partial charge on any atom is -0.378 e. The summed E-state index contributed by atoms with van der Waals surface area (Å²) in [6.45, 7) is 4.59. The van der Waals surface area contributed by atoms with Crippen LogP contribution in [0.1, 0.15) is 11.1 Å².